The standard InChI is InChI=1S/C13H25NO/c1-13(6-9-15-10-7-13)11-14-8-5-12-3-2-4-12/h12,14H,2-11H2,1H3. The van der Waals surface area contributed by atoms with Gasteiger partial charge in [0, 0.05) is 19.8 Å². The lowest BCUT2D eigenvalue weighted by atomic mass is 9.81. The molecule has 0 aromatic rings. The predicted octanol–water partition coefficient (Wildman–Crippen LogP) is 2.58. The summed E-state index contributed by atoms with van der Waals surface area (Å²) >= 11 is 0. The van der Waals surface area contributed by atoms with Crippen LogP contribution in [-0.2, 0) is 4.74 Å². The third-order valence-corrected chi connectivity index (χ3v) is 4.21. The molecule has 0 radical (unpaired) electrons. The van der Waals surface area contributed by atoms with Crippen molar-refractivity contribution in [3.63, 3.8) is 0 Å². The number of nitrogens with one attached hydrogen (secondary N) is 1. The van der Waals surface area contributed by atoms with Gasteiger partial charge in [-0.05, 0) is 37.1 Å². The van der Waals surface area contributed by atoms with Gasteiger partial charge in [-0.25, -0.2) is 0 Å². The molecule has 1 heterocycles. The van der Waals surface area contributed by atoms with Crippen molar-refractivity contribution >= 4 is 0 Å². The second-order valence-electron chi connectivity index (χ2n) is 5.69. The Hall–Kier alpha value is -0.0800. The quantitative estimate of drug-likeness (QED) is 0.706. The Morgan fingerprint density at radius 2 is 2.00 bits per heavy atom. The predicted molar refractivity (Wildman–Crippen MR) is 63.0 cm³/mol. The molecule has 88 valence electrons. The molecule has 0 unspecified atom stereocenters. The normalized spacial score (nSPS) is 26.2. The molecule has 2 aliphatic rings. The largest absolute Gasteiger partial charge is 0.381 e. The molecule has 0 amide bonds. The van der Waals surface area contributed by atoms with Crippen LogP contribution in [0.4, 0.5) is 0 Å². The Morgan fingerprint density at radius 1 is 1.27 bits per heavy atom. The lowest BCUT2D eigenvalue weighted by Gasteiger charge is -2.34. The van der Waals surface area contributed by atoms with E-state index in [1.54, 1.807) is 0 Å². The minimum Gasteiger partial charge on any atom is -0.381 e. The van der Waals surface area contributed by atoms with Gasteiger partial charge >= 0.3 is 0 Å². The van der Waals surface area contributed by atoms with Crippen LogP contribution < -0.4 is 5.32 Å². The maximum absolute atomic E-state index is 5.41. The second-order valence-corrected chi connectivity index (χ2v) is 5.69. The molecule has 15 heavy (non-hydrogen) atoms. The Kier molecular flexibility index (Phi) is 4.04. The maximum atomic E-state index is 5.41. The van der Waals surface area contributed by atoms with Crippen molar-refractivity contribution in [3.05, 3.63) is 0 Å². The van der Waals surface area contributed by atoms with Crippen LogP contribution in [0, 0.1) is 11.3 Å². The molecule has 1 aliphatic carbocycles. The first kappa shape index (κ1) is 11.4. The van der Waals surface area contributed by atoms with Gasteiger partial charge in [-0.15, -0.1) is 0 Å². The summed E-state index contributed by atoms with van der Waals surface area (Å²) in [5.41, 5.74) is 0.498. The summed E-state index contributed by atoms with van der Waals surface area (Å²) in [7, 11) is 0. The van der Waals surface area contributed by atoms with E-state index in [4.69, 9.17) is 4.74 Å². The van der Waals surface area contributed by atoms with Crippen molar-refractivity contribution < 1.29 is 4.74 Å². The summed E-state index contributed by atoms with van der Waals surface area (Å²) in [5, 5.41) is 3.64. The Bertz CT molecular complexity index is 183. The third-order valence-electron chi connectivity index (χ3n) is 4.21. The topological polar surface area (TPSA) is 21.3 Å². The van der Waals surface area contributed by atoms with Gasteiger partial charge in [-0.1, -0.05) is 26.2 Å². The second kappa shape index (κ2) is 5.31. The Labute approximate surface area is 93.8 Å². The molecule has 1 saturated carbocycles. The fourth-order valence-corrected chi connectivity index (χ4v) is 2.52. The molecule has 2 nitrogen and oxygen atoms in total. The van der Waals surface area contributed by atoms with Crippen LogP contribution in [0.2, 0.25) is 0 Å². The van der Waals surface area contributed by atoms with Crippen LogP contribution in [-0.4, -0.2) is 26.3 Å². The molecule has 0 aromatic carbocycles. The fourth-order valence-electron chi connectivity index (χ4n) is 2.52. The highest BCUT2D eigenvalue weighted by Crippen LogP contribution is 2.30. The molecule has 0 aromatic heterocycles. The van der Waals surface area contributed by atoms with Gasteiger partial charge in [0.05, 0.1) is 0 Å². The number of rotatable bonds is 5. The Balaban J connectivity index is 1.55. The van der Waals surface area contributed by atoms with E-state index in [9.17, 15) is 0 Å². The monoisotopic (exact) mass is 211 g/mol. The molecule has 1 aliphatic heterocycles. The van der Waals surface area contributed by atoms with E-state index in [0.29, 0.717) is 5.41 Å². The van der Waals surface area contributed by atoms with E-state index in [1.165, 1.54) is 51.6 Å². The van der Waals surface area contributed by atoms with Gasteiger partial charge < -0.3 is 10.1 Å². The van der Waals surface area contributed by atoms with Crippen LogP contribution in [0.25, 0.3) is 0 Å². The van der Waals surface area contributed by atoms with E-state index in [-0.39, 0.29) is 0 Å². The number of hydrogen-bond acceptors (Lipinski definition) is 2. The molecule has 0 spiro atoms. The molecule has 2 heteroatoms. The minimum absolute atomic E-state index is 0.498. The van der Waals surface area contributed by atoms with Crippen molar-refractivity contribution in [2.75, 3.05) is 26.3 Å². The average Bonchev–Trinajstić information content (AvgIpc) is 2.16. The first-order valence-electron chi connectivity index (χ1n) is 6.57. The first-order chi connectivity index (χ1) is 7.29. The molecule has 1 N–H and O–H groups in total. The SMILES string of the molecule is CC1(CNCCC2CCC2)CCOCC1. The third kappa shape index (κ3) is 3.46. The van der Waals surface area contributed by atoms with E-state index in [2.05, 4.69) is 12.2 Å². The molecule has 0 atom stereocenters. The van der Waals surface area contributed by atoms with E-state index in [0.717, 1.165) is 19.1 Å². The van der Waals surface area contributed by atoms with Gasteiger partial charge in [0.25, 0.3) is 0 Å². The smallest absolute Gasteiger partial charge is 0.0471 e. The highest BCUT2D eigenvalue weighted by Gasteiger charge is 2.26. The zero-order chi connectivity index (χ0) is 10.6. The molecule has 0 bridgehead atoms. The average molecular weight is 211 g/mol. The van der Waals surface area contributed by atoms with Gasteiger partial charge in [0.1, 0.15) is 0 Å². The van der Waals surface area contributed by atoms with Gasteiger partial charge in [0.2, 0.25) is 0 Å². The van der Waals surface area contributed by atoms with Crippen LogP contribution in [0.5, 0.6) is 0 Å². The lowest BCUT2D eigenvalue weighted by molar-refractivity contribution is 0.0239. The summed E-state index contributed by atoms with van der Waals surface area (Å²) < 4.78 is 5.41. The highest BCUT2D eigenvalue weighted by molar-refractivity contribution is 4.80. The van der Waals surface area contributed by atoms with Gasteiger partial charge in [-0.2, -0.15) is 0 Å². The maximum Gasteiger partial charge on any atom is 0.0471 e. The van der Waals surface area contributed by atoms with E-state index < -0.39 is 0 Å². The van der Waals surface area contributed by atoms with Crippen molar-refractivity contribution in [1.29, 1.82) is 0 Å². The molecule has 2 rings (SSSR count). The fraction of sp³-hybridized carbons (Fsp3) is 1.00. The van der Waals surface area contributed by atoms with Gasteiger partial charge in [-0.3, -0.25) is 0 Å². The summed E-state index contributed by atoms with van der Waals surface area (Å²) in [5.74, 6) is 1.04. The van der Waals surface area contributed by atoms with E-state index in [1.807, 2.05) is 0 Å². The first-order valence-corrected chi connectivity index (χ1v) is 6.57. The van der Waals surface area contributed by atoms with E-state index >= 15 is 0 Å². The summed E-state index contributed by atoms with van der Waals surface area (Å²) in [6, 6.07) is 0. The van der Waals surface area contributed by atoms with Crippen LogP contribution in [0.3, 0.4) is 0 Å². The zero-order valence-electron chi connectivity index (χ0n) is 10.1. The number of ether oxygens (including phenoxy) is 1. The van der Waals surface area contributed by atoms with Crippen LogP contribution >= 0.6 is 0 Å². The van der Waals surface area contributed by atoms with Crippen LogP contribution in [0.15, 0.2) is 0 Å². The lowest BCUT2D eigenvalue weighted by Crippen LogP contribution is -2.37. The molecule has 2 fully saturated rings. The summed E-state index contributed by atoms with van der Waals surface area (Å²) in [6.07, 6.45) is 8.28. The summed E-state index contributed by atoms with van der Waals surface area (Å²) in [6.45, 7) is 6.72. The van der Waals surface area contributed by atoms with Crippen molar-refractivity contribution in [2.24, 2.45) is 11.3 Å². The van der Waals surface area contributed by atoms with Crippen LogP contribution in [0.1, 0.15) is 45.4 Å². The molecule has 1 saturated heterocycles. The Morgan fingerprint density at radius 3 is 2.60 bits per heavy atom. The zero-order valence-corrected chi connectivity index (χ0v) is 10.1. The van der Waals surface area contributed by atoms with Crippen molar-refractivity contribution in [3.8, 4) is 0 Å². The highest BCUT2D eigenvalue weighted by atomic mass is 16.5. The minimum atomic E-state index is 0.498. The number of hydrogen-bond donors (Lipinski definition) is 1. The molecular weight excluding hydrogens is 186 g/mol. The molecular formula is C13H25NO. The summed E-state index contributed by atoms with van der Waals surface area (Å²) in [4.78, 5) is 0. The van der Waals surface area contributed by atoms with Crippen molar-refractivity contribution in [1.82, 2.24) is 5.32 Å². The van der Waals surface area contributed by atoms with Gasteiger partial charge in [0.15, 0.2) is 0 Å². The van der Waals surface area contributed by atoms with Crippen molar-refractivity contribution in [2.45, 2.75) is 45.4 Å².